The number of carboxylic acids is 1. The van der Waals surface area contributed by atoms with Crippen LogP contribution in [0.4, 0.5) is 4.79 Å². The second-order valence-electron chi connectivity index (χ2n) is 4.67. The molecule has 0 aromatic heterocycles. The Kier molecular flexibility index (Phi) is 4.74. The molecule has 4 N–H and O–H groups in total. The third-order valence-corrected chi connectivity index (χ3v) is 2.00. The van der Waals surface area contributed by atoms with Gasteiger partial charge in [-0.05, 0) is 27.2 Å². The van der Waals surface area contributed by atoms with E-state index in [2.05, 4.69) is 5.32 Å². The molecular formula is C10H20N2O4. The monoisotopic (exact) mass is 232 g/mol. The Balaban J connectivity index is 4.24. The van der Waals surface area contributed by atoms with E-state index in [1.165, 1.54) is 0 Å². The summed E-state index contributed by atoms with van der Waals surface area (Å²) in [5, 5.41) is 11.2. The molecular weight excluding hydrogens is 212 g/mol. The lowest BCUT2D eigenvalue weighted by Gasteiger charge is -2.25. The van der Waals surface area contributed by atoms with Crippen molar-refractivity contribution in [2.24, 2.45) is 5.73 Å². The Morgan fingerprint density at radius 3 is 2.19 bits per heavy atom. The minimum atomic E-state index is -1.45. The van der Waals surface area contributed by atoms with Crippen molar-refractivity contribution in [2.45, 2.75) is 45.3 Å². The van der Waals surface area contributed by atoms with Gasteiger partial charge in [0.15, 0.2) is 0 Å². The number of ether oxygens (including phenoxy) is 1. The first kappa shape index (κ1) is 14.7. The molecule has 0 bridgehead atoms. The molecule has 0 radical (unpaired) electrons. The number of nitrogens with two attached hydrogens (primary N) is 1. The number of hydrogen-bond acceptors (Lipinski definition) is 4. The SMILES string of the molecule is CCC(N)(CNC(=O)OC(C)(C)C)C(=O)O. The average molecular weight is 232 g/mol. The van der Waals surface area contributed by atoms with Crippen LogP contribution in [0.15, 0.2) is 0 Å². The second kappa shape index (κ2) is 5.16. The standard InChI is InChI=1S/C10H20N2O4/c1-5-10(11,7(13)14)6-12-8(15)16-9(2,3)4/h5-6,11H2,1-4H3,(H,12,15)(H,13,14). The maximum atomic E-state index is 11.3. The van der Waals surface area contributed by atoms with Crippen molar-refractivity contribution < 1.29 is 19.4 Å². The summed E-state index contributed by atoms with van der Waals surface area (Å²) in [6, 6.07) is 0. The Bertz CT molecular complexity index is 272. The van der Waals surface area contributed by atoms with Gasteiger partial charge < -0.3 is 20.9 Å². The van der Waals surface area contributed by atoms with Crippen LogP contribution >= 0.6 is 0 Å². The normalized spacial score (nSPS) is 15.1. The summed E-state index contributed by atoms with van der Waals surface area (Å²) in [6.07, 6.45) is -0.449. The molecule has 0 aliphatic heterocycles. The lowest BCUT2D eigenvalue weighted by atomic mass is 9.98. The summed E-state index contributed by atoms with van der Waals surface area (Å²) in [5.74, 6) is -1.15. The summed E-state index contributed by atoms with van der Waals surface area (Å²) in [5.41, 5.74) is 3.52. The van der Waals surface area contributed by atoms with Crippen molar-refractivity contribution >= 4 is 12.1 Å². The molecule has 0 aromatic rings. The van der Waals surface area contributed by atoms with Crippen molar-refractivity contribution in [2.75, 3.05) is 6.54 Å². The zero-order valence-electron chi connectivity index (χ0n) is 10.2. The molecule has 0 aromatic carbocycles. The number of nitrogens with one attached hydrogen (secondary N) is 1. The van der Waals surface area contributed by atoms with Crippen LogP contribution in [0.1, 0.15) is 34.1 Å². The number of aliphatic carboxylic acids is 1. The third-order valence-electron chi connectivity index (χ3n) is 2.00. The van der Waals surface area contributed by atoms with Crippen LogP contribution in [0, 0.1) is 0 Å². The molecule has 0 aliphatic carbocycles. The number of carbonyl (C=O) groups is 2. The van der Waals surface area contributed by atoms with Crippen LogP contribution in [0.25, 0.3) is 0 Å². The molecule has 16 heavy (non-hydrogen) atoms. The Labute approximate surface area is 95.1 Å². The summed E-state index contributed by atoms with van der Waals surface area (Å²) in [6.45, 7) is 6.65. The molecule has 94 valence electrons. The molecule has 1 amide bonds. The topological polar surface area (TPSA) is 102 Å². The highest BCUT2D eigenvalue weighted by atomic mass is 16.6. The molecule has 0 aliphatic rings. The molecule has 0 heterocycles. The molecule has 6 heteroatoms. The van der Waals surface area contributed by atoms with Gasteiger partial charge in [0, 0.05) is 6.54 Å². The van der Waals surface area contributed by atoms with E-state index in [1.54, 1.807) is 27.7 Å². The first-order valence-electron chi connectivity index (χ1n) is 5.10. The van der Waals surface area contributed by atoms with Crippen molar-refractivity contribution in [1.29, 1.82) is 0 Å². The van der Waals surface area contributed by atoms with Gasteiger partial charge in [-0.25, -0.2) is 4.79 Å². The van der Waals surface area contributed by atoms with Gasteiger partial charge in [-0.1, -0.05) is 6.92 Å². The quantitative estimate of drug-likeness (QED) is 0.662. The summed E-state index contributed by atoms with van der Waals surface area (Å²) < 4.78 is 4.96. The van der Waals surface area contributed by atoms with E-state index in [-0.39, 0.29) is 13.0 Å². The van der Waals surface area contributed by atoms with Crippen molar-refractivity contribution in [3.63, 3.8) is 0 Å². The Morgan fingerprint density at radius 2 is 1.88 bits per heavy atom. The van der Waals surface area contributed by atoms with E-state index in [0.29, 0.717) is 0 Å². The van der Waals surface area contributed by atoms with Gasteiger partial charge in [0.1, 0.15) is 11.1 Å². The van der Waals surface area contributed by atoms with Gasteiger partial charge in [0.05, 0.1) is 0 Å². The van der Waals surface area contributed by atoms with Crippen LogP contribution < -0.4 is 11.1 Å². The zero-order valence-corrected chi connectivity index (χ0v) is 10.2. The molecule has 1 atom stereocenters. The van der Waals surface area contributed by atoms with Crippen LogP contribution in [-0.2, 0) is 9.53 Å². The Hall–Kier alpha value is -1.30. The van der Waals surface area contributed by atoms with Gasteiger partial charge in [-0.2, -0.15) is 0 Å². The summed E-state index contributed by atoms with van der Waals surface area (Å²) in [4.78, 5) is 22.1. The molecule has 0 saturated carbocycles. The molecule has 0 fully saturated rings. The highest BCUT2D eigenvalue weighted by Crippen LogP contribution is 2.08. The van der Waals surface area contributed by atoms with Gasteiger partial charge in [0.25, 0.3) is 0 Å². The fraction of sp³-hybridized carbons (Fsp3) is 0.800. The number of rotatable bonds is 4. The van der Waals surface area contributed by atoms with Crippen molar-refractivity contribution in [3.8, 4) is 0 Å². The Morgan fingerprint density at radius 1 is 1.38 bits per heavy atom. The van der Waals surface area contributed by atoms with E-state index in [0.717, 1.165) is 0 Å². The van der Waals surface area contributed by atoms with Crippen LogP contribution in [0.3, 0.4) is 0 Å². The van der Waals surface area contributed by atoms with E-state index in [4.69, 9.17) is 15.6 Å². The highest BCUT2D eigenvalue weighted by Gasteiger charge is 2.32. The van der Waals surface area contributed by atoms with Crippen LogP contribution in [0.5, 0.6) is 0 Å². The first-order valence-corrected chi connectivity index (χ1v) is 5.10. The number of amides is 1. The fourth-order valence-corrected chi connectivity index (χ4v) is 0.896. The first-order chi connectivity index (χ1) is 7.10. The summed E-state index contributed by atoms with van der Waals surface area (Å²) in [7, 11) is 0. The van der Waals surface area contributed by atoms with Gasteiger partial charge in [-0.3, -0.25) is 4.79 Å². The van der Waals surface area contributed by atoms with Gasteiger partial charge >= 0.3 is 12.1 Å². The number of alkyl carbamates (subject to hydrolysis) is 1. The average Bonchev–Trinajstić information content (AvgIpc) is 2.11. The molecule has 6 nitrogen and oxygen atoms in total. The van der Waals surface area contributed by atoms with Crippen molar-refractivity contribution in [3.05, 3.63) is 0 Å². The lowest BCUT2D eigenvalue weighted by Crippen LogP contribution is -2.56. The number of carboxylic acid groups (broad SMARTS) is 1. The largest absolute Gasteiger partial charge is 0.480 e. The molecule has 0 saturated heterocycles. The van der Waals surface area contributed by atoms with E-state index in [1.807, 2.05) is 0 Å². The third kappa shape index (κ3) is 4.97. The minimum absolute atomic E-state index is 0.159. The van der Waals surface area contributed by atoms with Gasteiger partial charge in [-0.15, -0.1) is 0 Å². The predicted octanol–water partition coefficient (Wildman–Crippen LogP) is 0.703. The highest BCUT2D eigenvalue weighted by molar-refractivity contribution is 5.79. The summed E-state index contributed by atoms with van der Waals surface area (Å²) >= 11 is 0. The van der Waals surface area contributed by atoms with E-state index >= 15 is 0 Å². The maximum Gasteiger partial charge on any atom is 0.407 e. The van der Waals surface area contributed by atoms with E-state index in [9.17, 15) is 9.59 Å². The zero-order chi connectivity index (χ0) is 13.0. The predicted molar refractivity (Wildman–Crippen MR) is 59.1 cm³/mol. The van der Waals surface area contributed by atoms with E-state index < -0.39 is 23.2 Å². The van der Waals surface area contributed by atoms with Gasteiger partial charge in [0.2, 0.25) is 0 Å². The second-order valence-corrected chi connectivity index (χ2v) is 4.67. The van der Waals surface area contributed by atoms with Crippen LogP contribution in [0.2, 0.25) is 0 Å². The molecule has 0 rings (SSSR count). The molecule has 1 unspecified atom stereocenters. The van der Waals surface area contributed by atoms with Crippen molar-refractivity contribution in [1.82, 2.24) is 5.32 Å². The molecule has 0 spiro atoms. The van der Waals surface area contributed by atoms with Crippen LogP contribution in [-0.4, -0.2) is 34.9 Å². The fourth-order valence-electron chi connectivity index (χ4n) is 0.896. The number of hydrogen-bond donors (Lipinski definition) is 3. The maximum absolute atomic E-state index is 11.3. The minimum Gasteiger partial charge on any atom is -0.480 e. The lowest BCUT2D eigenvalue weighted by molar-refractivity contribution is -0.143. The number of carbonyl (C=O) groups excluding carboxylic acids is 1. The smallest absolute Gasteiger partial charge is 0.407 e.